The molecule has 1 N–H and O–H groups in total. The molecule has 1 saturated heterocycles. The van der Waals surface area contributed by atoms with Gasteiger partial charge in [-0.25, -0.2) is 14.8 Å². The lowest BCUT2D eigenvalue weighted by Gasteiger charge is -2.14. The van der Waals surface area contributed by atoms with Crippen molar-refractivity contribution in [3.8, 4) is 12.3 Å². The van der Waals surface area contributed by atoms with Crippen molar-refractivity contribution >= 4 is 17.8 Å². The van der Waals surface area contributed by atoms with Crippen molar-refractivity contribution < 1.29 is 14.7 Å². The second-order valence-electron chi connectivity index (χ2n) is 4.05. The van der Waals surface area contributed by atoms with E-state index < -0.39 is 5.97 Å². The SMILES string of the molecule is C#CC1CC(=O)N(c2ncc(C(=O)O)c(C)n2)C1. The molecule has 1 aliphatic rings. The summed E-state index contributed by atoms with van der Waals surface area (Å²) in [4.78, 5) is 31.9. The first-order chi connectivity index (χ1) is 8.52. The summed E-state index contributed by atoms with van der Waals surface area (Å²) in [7, 11) is 0. The third-order valence-corrected chi connectivity index (χ3v) is 2.80. The van der Waals surface area contributed by atoms with Crippen LogP contribution in [0.2, 0.25) is 0 Å². The van der Waals surface area contributed by atoms with Crippen molar-refractivity contribution in [1.82, 2.24) is 9.97 Å². The summed E-state index contributed by atoms with van der Waals surface area (Å²) in [5, 5.41) is 8.87. The molecule has 2 heterocycles. The summed E-state index contributed by atoms with van der Waals surface area (Å²) in [5.41, 5.74) is 0.350. The van der Waals surface area contributed by atoms with Crippen molar-refractivity contribution in [1.29, 1.82) is 0 Å². The molecule has 92 valence electrons. The molecule has 0 saturated carbocycles. The van der Waals surface area contributed by atoms with Gasteiger partial charge in [0, 0.05) is 25.1 Å². The second kappa shape index (κ2) is 4.45. The summed E-state index contributed by atoms with van der Waals surface area (Å²) >= 11 is 0. The van der Waals surface area contributed by atoms with E-state index in [1.165, 1.54) is 11.1 Å². The number of terminal acetylenes is 1. The average Bonchev–Trinajstić information content (AvgIpc) is 2.70. The van der Waals surface area contributed by atoms with E-state index in [0.29, 0.717) is 12.2 Å². The summed E-state index contributed by atoms with van der Waals surface area (Å²) in [6.45, 7) is 1.94. The number of aromatic carboxylic acids is 1. The van der Waals surface area contributed by atoms with Gasteiger partial charge in [-0.15, -0.1) is 12.3 Å². The Morgan fingerprint density at radius 1 is 1.67 bits per heavy atom. The smallest absolute Gasteiger partial charge is 0.339 e. The maximum absolute atomic E-state index is 11.7. The van der Waals surface area contributed by atoms with E-state index in [1.807, 2.05) is 0 Å². The lowest BCUT2D eigenvalue weighted by molar-refractivity contribution is -0.117. The standard InChI is InChI=1S/C12H11N3O3/c1-3-8-4-10(16)15(6-8)12-13-5-9(11(17)18)7(2)14-12/h1,5,8H,4,6H2,2H3,(H,17,18). The molecule has 18 heavy (non-hydrogen) atoms. The zero-order chi connectivity index (χ0) is 13.3. The quantitative estimate of drug-likeness (QED) is 0.766. The molecule has 0 radical (unpaired) electrons. The maximum Gasteiger partial charge on any atom is 0.339 e. The van der Waals surface area contributed by atoms with Gasteiger partial charge in [0.05, 0.1) is 11.3 Å². The van der Waals surface area contributed by atoms with Crippen molar-refractivity contribution in [3.05, 3.63) is 17.5 Å². The van der Waals surface area contributed by atoms with Gasteiger partial charge in [-0.2, -0.15) is 0 Å². The second-order valence-corrected chi connectivity index (χ2v) is 4.05. The normalized spacial score (nSPS) is 18.8. The molecule has 0 aliphatic carbocycles. The minimum absolute atomic E-state index is 0.0268. The molecule has 2 rings (SSSR count). The molecule has 0 spiro atoms. The Bertz CT molecular complexity index is 562. The number of hydrogen-bond acceptors (Lipinski definition) is 4. The zero-order valence-corrected chi connectivity index (χ0v) is 9.75. The third kappa shape index (κ3) is 2.02. The summed E-state index contributed by atoms with van der Waals surface area (Å²) in [5.74, 6) is 1.37. The highest BCUT2D eigenvalue weighted by atomic mass is 16.4. The molecule has 6 heteroatoms. The fourth-order valence-corrected chi connectivity index (χ4v) is 1.81. The van der Waals surface area contributed by atoms with E-state index in [1.54, 1.807) is 6.92 Å². The van der Waals surface area contributed by atoms with Crippen LogP contribution in [0.3, 0.4) is 0 Å². The molecule has 1 atom stereocenters. The van der Waals surface area contributed by atoms with Gasteiger partial charge in [0.2, 0.25) is 11.9 Å². The molecule has 1 unspecified atom stereocenters. The first-order valence-electron chi connectivity index (χ1n) is 5.36. The van der Waals surface area contributed by atoms with Crippen LogP contribution < -0.4 is 4.90 Å². The molecule has 6 nitrogen and oxygen atoms in total. The van der Waals surface area contributed by atoms with Gasteiger partial charge >= 0.3 is 5.97 Å². The Morgan fingerprint density at radius 2 is 2.39 bits per heavy atom. The predicted octanol–water partition coefficient (Wildman–Crippen LogP) is 0.469. The number of carbonyl (C=O) groups excluding carboxylic acids is 1. The summed E-state index contributed by atoms with van der Waals surface area (Å²) in [6, 6.07) is 0. The number of nitrogens with zero attached hydrogens (tertiary/aromatic N) is 3. The molecular formula is C12H11N3O3. The molecule has 0 aromatic carbocycles. The van der Waals surface area contributed by atoms with Crippen molar-refractivity contribution in [2.45, 2.75) is 13.3 Å². The van der Waals surface area contributed by atoms with Crippen molar-refractivity contribution in [2.24, 2.45) is 5.92 Å². The number of hydrogen-bond donors (Lipinski definition) is 1. The van der Waals surface area contributed by atoms with Crippen LogP contribution in [0.1, 0.15) is 22.5 Å². The molecule has 0 bridgehead atoms. The van der Waals surface area contributed by atoms with E-state index >= 15 is 0 Å². The van der Waals surface area contributed by atoms with Crippen LogP contribution in [-0.2, 0) is 4.79 Å². The van der Waals surface area contributed by atoms with Crippen LogP contribution in [0.25, 0.3) is 0 Å². The largest absolute Gasteiger partial charge is 0.478 e. The highest BCUT2D eigenvalue weighted by Crippen LogP contribution is 2.22. The third-order valence-electron chi connectivity index (χ3n) is 2.80. The topological polar surface area (TPSA) is 83.4 Å². The Hall–Kier alpha value is -2.42. The molecule has 1 amide bonds. The van der Waals surface area contributed by atoms with E-state index in [-0.39, 0.29) is 29.8 Å². The number of carbonyl (C=O) groups is 2. The van der Waals surface area contributed by atoms with E-state index in [2.05, 4.69) is 15.9 Å². The molecule has 1 aromatic rings. The molecular weight excluding hydrogens is 234 g/mol. The van der Waals surface area contributed by atoms with E-state index in [9.17, 15) is 9.59 Å². The van der Waals surface area contributed by atoms with Gasteiger partial charge in [0.15, 0.2) is 0 Å². The number of aromatic nitrogens is 2. The zero-order valence-electron chi connectivity index (χ0n) is 9.75. The maximum atomic E-state index is 11.7. The van der Waals surface area contributed by atoms with Crippen molar-refractivity contribution in [3.63, 3.8) is 0 Å². The molecule has 1 aromatic heterocycles. The minimum Gasteiger partial charge on any atom is -0.478 e. The molecule has 1 aliphatic heterocycles. The van der Waals surface area contributed by atoms with Gasteiger partial charge in [-0.3, -0.25) is 9.69 Å². The number of carboxylic acid groups (broad SMARTS) is 1. The monoisotopic (exact) mass is 245 g/mol. The van der Waals surface area contributed by atoms with Crippen molar-refractivity contribution in [2.75, 3.05) is 11.4 Å². The van der Waals surface area contributed by atoms with Crippen LogP contribution in [0.5, 0.6) is 0 Å². The van der Waals surface area contributed by atoms with Gasteiger partial charge in [-0.1, -0.05) is 0 Å². The first-order valence-corrected chi connectivity index (χ1v) is 5.36. The fraction of sp³-hybridized carbons (Fsp3) is 0.333. The fourth-order valence-electron chi connectivity index (χ4n) is 1.81. The first kappa shape index (κ1) is 12.0. The van der Waals surface area contributed by atoms with Crippen LogP contribution in [-0.4, -0.2) is 33.5 Å². The van der Waals surface area contributed by atoms with Crippen LogP contribution >= 0.6 is 0 Å². The Balaban J connectivity index is 2.31. The summed E-state index contributed by atoms with van der Waals surface area (Å²) in [6.07, 6.45) is 6.76. The van der Waals surface area contributed by atoms with Gasteiger partial charge < -0.3 is 5.11 Å². The van der Waals surface area contributed by atoms with Gasteiger partial charge in [0.25, 0.3) is 0 Å². The highest BCUT2D eigenvalue weighted by molar-refractivity contribution is 5.95. The minimum atomic E-state index is -1.09. The van der Waals surface area contributed by atoms with Gasteiger partial charge in [-0.05, 0) is 6.92 Å². The number of amides is 1. The Kier molecular flexibility index (Phi) is 2.98. The number of rotatable bonds is 2. The average molecular weight is 245 g/mol. The highest BCUT2D eigenvalue weighted by Gasteiger charge is 2.31. The number of anilines is 1. The summed E-state index contributed by atoms with van der Waals surface area (Å²) < 4.78 is 0. The van der Waals surface area contributed by atoms with Gasteiger partial charge in [0.1, 0.15) is 0 Å². The lowest BCUT2D eigenvalue weighted by Crippen LogP contribution is -2.27. The lowest BCUT2D eigenvalue weighted by atomic mass is 10.1. The van der Waals surface area contributed by atoms with E-state index in [0.717, 1.165) is 0 Å². The Labute approximate surface area is 104 Å². The van der Waals surface area contributed by atoms with Crippen LogP contribution in [0.4, 0.5) is 5.95 Å². The Morgan fingerprint density at radius 3 is 2.89 bits per heavy atom. The molecule has 1 fully saturated rings. The predicted molar refractivity (Wildman–Crippen MR) is 63.0 cm³/mol. The number of aryl methyl sites for hydroxylation is 1. The number of carboxylic acids is 1. The van der Waals surface area contributed by atoms with Crippen LogP contribution in [0.15, 0.2) is 6.20 Å². The van der Waals surface area contributed by atoms with Crippen LogP contribution in [0, 0.1) is 25.2 Å². The van der Waals surface area contributed by atoms with E-state index in [4.69, 9.17) is 11.5 Å².